The van der Waals surface area contributed by atoms with Crippen molar-refractivity contribution < 1.29 is 67.2 Å². The third kappa shape index (κ3) is 14.6. The van der Waals surface area contributed by atoms with Crippen molar-refractivity contribution in [3.05, 3.63) is 132 Å². The molecule has 10 N–H and O–H groups in total. The van der Waals surface area contributed by atoms with Gasteiger partial charge in [-0.1, -0.05) is 78.9 Å². The Morgan fingerprint density at radius 3 is 1.87 bits per heavy atom. The van der Waals surface area contributed by atoms with Crippen LogP contribution in [0.3, 0.4) is 0 Å². The van der Waals surface area contributed by atoms with E-state index in [4.69, 9.17) is 15.6 Å². The second kappa shape index (κ2) is 24.3. The zero-order valence-electron chi connectivity index (χ0n) is 38.5. The maximum Gasteiger partial charge on any atom is 0.490 e. The van der Waals surface area contributed by atoms with Gasteiger partial charge in [0.15, 0.2) is 0 Å². The monoisotopic (exact) mass is 982 g/mol. The summed E-state index contributed by atoms with van der Waals surface area (Å²) in [5.74, 6) is -7.81. The lowest BCUT2D eigenvalue weighted by atomic mass is 9.93. The minimum absolute atomic E-state index is 0.0367. The summed E-state index contributed by atoms with van der Waals surface area (Å²) in [5.41, 5.74) is 11.1. The lowest BCUT2D eigenvalue weighted by molar-refractivity contribution is -0.192. The highest BCUT2D eigenvalue weighted by atomic mass is 19.4. The van der Waals surface area contributed by atoms with Crippen LogP contribution in [0.4, 0.5) is 13.2 Å². The van der Waals surface area contributed by atoms with Gasteiger partial charge in [-0.3, -0.25) is 24.0 Å². The van der Waals surface area contributed by atoms with E-state index in [0.717, 1.165) is 27.2 Å². The van der Waals surface area contributed by atoms with Gasteiger partial charge in [-0.25, -0.2) is 9.59 Å². The number of phenols is 2. The number of carboxylic acid groups (broad SMARTS) is 2. The number of benzene rings is 5. The number of fused-ring (bicyclic) bond motifs is 5. The molecule has 1 aliphatic heterocycles. The van der Waals surface area contributed by atoms with E-state index in [-0.39, 0.29) is 59.9 Å². The van der Waals surface area contributed by atoms with E-state index in [1.54, 1.807) is 12.1 Å². The Kier molecular flexibility index (Phi) is 18.4. The molecular weight excluding hydrogens is 930 g/mol. The highest BCUT2D eigenvalue weighted by Gasteiger charge is 2.38. The topological polar surface area (TPSA) is 278 Å². The fourth-order valence-electron chi connectivity index (χ4n) is 7.59. The number of unbranched alkanes of at least 4 members (excludes halogenated alkanes) is 1. The Balaban J connectivity index is 0.00000124. The number of nitrogens with zero attached hydrogens (tertiary/aromatic N) is 1. The van der Waals surface area contributed by atoms with Gasteiger partial charge in [-0.05, 0) is 103 Å². The molecule has 0 saturated heterocycles. The summed E-state index contributed by atoms with van der Waals surface area (Å²) in [6, 6.07) is 28.5. The van der Waals surface area contributed by atoms with Crippen LogP contribution in [-0.2, 0) is 35.2 Å². The zero-order chi connectivity index (χ0) is 52.0. The van der Waals surface area contributed by atoms with Gasteiger partial charge >= 0.3 is 18.1 Å². The molecular formula is C51H53F3N6O11. The fraction of sp³-hybridized carbons (Fsp3) is 0.275. The molecule has 5 aromatic rings. The lowest BCUT2D eigenvalue weighted by Gasteiger charge is -2.32. The minimum Gasteiger partial charge on any atom is -0.507 e. The zero-order valence-corrected chi connectivity index (χ0v) is 38.5. The normalized spacial score (nSPS) is 16.1. The number of halogens is 3. The summed E-state index contributed by atoms with van der Waals surface area (Å²) in [4.78, 5) is 90.4. The largest absolute Gasteiger partial charge is 0.507 e. The van der Waals surface area contributed by atoms with Crippen LogP contribution in [0.15, 0.2) is 115 Å². The molecule has 20 heteroatoms. The number of aliphatic carboxylic acids is 2. The van der Waals surface area contributed by atoms with Crippen LogP contribution in [0.1, 0.15) is 60.1 Å². The van der Waals surface area contributed by atoms with E-state index < -0.39 is 65.9 Å². The van der Waals surface area contributed by atoms with E-state index in [1.165, 1.54) is 50.4 Å². The van der Waals surface area contributed by atoms with E-state index in [1.807, 2.05) is 66.7 Å². The van der Waals surface area contributed by atoms with Gasteiger partial charge in [0.05, 0.1) is 0 Å². The standard InChI is InChI=1S/C49H52N6O9.C2HF3O2/c1-29-45(59)54-40(49(63)64)27-30-11-21-41(56)37(26-30)38-28-36(20-22-42(38)57)44(47(61)52-29)55(2)48(62)39(10-6-7-24-50)53-43(58)23-25-51-46(60)35-18-16-34(17-19-35)33-14-12-32(13-15-33)31-8-4-3-5-9-31;3-2(4,5)1(6)7/h3-5,8-9,11-22,26,28-29,39-40,44,56-57H,6-7,10,23-25,27,50H2,1-2H3,(H,51,60)(H,52,61)(H,53,58)(H,54,59)(H,63,64);(H,6,7)/t29-,39?,40-,44-;/m0./s1. The second-order valence-corrected chi connectivity index (χ2v) is 16.5. The highest BCUT2D eigenvalue weighted by molar-refractivity contribution is 5.97. The molecule has 0 radical (unpaired) electrons. The van der Waals surface area contributed by atoms with Crippen molar-refractivity contribution in [2.75, 3.05) is 20.1 Å². The quantitative estimate of drug-likeness (QED) is 0.0642. The van der Waals surface area contributed by atoms with Crippen molar-refractivity contribution in [3.63, 3.8) is 0 Å². The molecule has 17 nitrogen and oxygen atoms in total. The fourth-order valence-corrected chi connectivity index (χ4v) is 7.59. The van der Waals surface area contributed by atoms with Crippen LogP contribution >= 0.6 is 0 Å². The van der Waals surface area contributed by atoms with Crippen LogP contribution in [0.2, 0.25) is 0 Å². The third-order valence-corrected chi connectivity index (χ3v) is 11.4. The van der Waals surface area contributed by atoms with Crippen LogP contribution in [0.5, 0.6) is 11.5 Å². The number of rotatable bonds is 14. The third-order valence-electron chi connectivity index (χ3n) is 11.4. The van der Waals surface area contributed by atoms with E-state index in [0.29, 0.717) is 30.5 Å². The first-order chi connectivity index (χ1) is 33.7. The maximum absolute atomic E-state index is 14.4. The Bertz CT molecular complexity index is 2720. The molecule has 0 aliphatic carbocycles. The van der Waals surface area contributed by atoms with Gasteiger partial charge in [-0.15, -0.1) is 0 Å². The number of amides is 5. The van der Waals surface area contributed by atoms with Gasteiger partial charge < -0.3 is 52.3 Å². The van der Waals surface area contributed by atoms with Crippen LogP contribution in [0, 0.1) is 0 Å². The molecule has 0 spiro atoms. The smallest absolute Gasteiger partial charge is 0.490 e. The van der Waals surface area contributed by atoms with E-state index in [2.05, 4.69) is 21.3 Å². The van der Waals surface area contributed by atoms with Gasteiger partial charge in [0, 0.05) is 43.1 Å². The molecule has 6 rings (SSSR count). The number of nitrogens with two attached hydrogens (primary N) is 1. The number of carbonyl (C=O) groups is 7. The predicted octanol–water partition coefficient (Wildman–Crippen LogP) is 5.30. The van der Waals surface area contributed by atoms with E-state index >= 15 is 0 Å². The summed E-state index contributed by atoms with van der Waals surface area (Å²) in [6.07, 6.45) is -4.28. The Morgan fingerprint density at radius 2 is 1.31 bits per heavy atom. The number of nitrogens with one attached hydrogen (secondary N) is 4. The summed E-state index contributed by atoms with van der Waals surface area (Å²) < 4.78 is 31.7. The number of hydrogen-bond acceptors (Lipinski definition) is 10. The number of likely N-dealkylation sites (N-methyl/N-ethyl adjacent to an activating group) is 1. The minimum atomic E-state index is -5.08. The molecule has 5 amide bonds. The average molecular weight is 983 g/mol. The molecule has 4 bridgehead atoms. The van der Waals surface area contributed by atoms with Gasteiger partial charge in [0.25, 0.3) is 5.91 Å². The number of carboxylic acids is 2. The van der Waals surface area contributed by atoms with Crippen molar-refractivity contribution in [2.24, 2.45) is 5.73 Å². The van der Waals surface area contributed by atoms with Gasteiger partial charge in [0.1, 0.15) is 35.7 Å². The first-order valence-corrected chi connectivity index (χ1v) is 22.3. The number of hydrogen-bond donors (Lipinski definition) is 9. The SMILES string of the molecule is C[C@@H]1NC(=O)[C@@H](N(C)C(=O)C(CCCCN)NC(=O)CCNC(=O)c2ccc(-c3ccc(-c4ccccc4)cc3)cc2)c2ccc(O)c(c2)-c2cc(ccc2O)C[C@@H](C(=O)O)NC1=O.O=C(O)C(F)(F)F. The summed E-state index contributed by atoms with van der Waals surface area (Å²) in [5, 5.41) is 49.4. The maximum atomic E-state index is 14.4. The number of aromatic hydroxyl groups is 2. The summed E-state index contributed by atoms with van der Waals surface area (Å²) in [7, 11) is 1.36. The van der Waals surface area contributed by atoms with E-state index in [9.17, 15) is 57.3 Å². The summed E-state index contributed by atoms with van der Waals surface area (Å²) >= 11 is 0. The molecule has 4 atom stereocenters. The van der Waals surface area contributed by atoms with Crippen molar-refractivity contribution in [1.82, 2.24) is 26.2 Å². The van der Waals surface area contributed by atoms with Crippen molar-refractivity contribution in [1.29, 1.82) is 0 Å². The van der Waals surface area contributed by atoms with Crippen LogP contribution < -0.4 is 27.0 Å². The molecule has 0 saturated carbocycles. The van der Waals surface area contributed by atoms with Crippen LogP contribution in [0.25, 0.3) is 33.4 Å². The molecule has 5 aromatic carbocycles. The van der Waals surface area contributed by atoms with Crippen LogP contribution in [-0.4, -0.2) is 111 Å². The van der Waals surface area contributed by atoms with Crippen molar-refractivity contribution in [3.8, 4) is 44.9 Å². The summed E-state index contributed by atoms with van der Waals surface area (Å²) in [6.45, 7) is 1.66. The molecule has 0 fully saturated rings. The average Bonchev–Trinajstić information content (AvgIpc) is 3.34. The predicted molar refractivity (Wildman–Crippen MR) is 254 cm³/mol. The first-order valence-electron chi connectivity index (χ1n) is 22.3. The molecule has 1 heterocycles. The molecule has 1 unspecified atom stereocenters. The van der Waals surface area contributed by atoms with Crippen molar-refractivity contribution in [2.45, 2.75) is 69.4 Å². The van der Waals surface area contributed by atoms with Gasteiger partial charge in [0.2, 0.25) is 23.6 Å². The molecule has 71 heavy (non-hydrogen) atoms. The first kappa shape index (κ1) is 53.7. The molecule has 374 valence electrons. The Morgan fingerprint density at radius 1 is 0.761 bits per heavy atom. The number of alkyl halides is 3. The highest BCUT2D eigenvalue weighted by Crippen LogP contribution is 2.39. The Labute approximate surface area is 405 Å². The lowest BCUT2D eigenvalue weighted by Crippen LogP contribution is -2.54. The Hall–Kier alpha value is -8.26. The number of phenolic OH excluding ortho intramolecular Hbond substituents is 2. The van der Waals surface area contributed by atoms with Gasteiger partial charge in [-0.2, -0.15) is 13.2 Å². The van der Waals surface area contributed by atoms with Crippen molar-refractivity contribution >= 4 is 41.5 Å². The number of carbonyl (C=O) groups excluding carboxylic acids is 5. The molecule has 1 aliphatic rings. The second-order valence-electron chi connectivity index (χ2n) is 16.5. The molecule has 0 aromatic heterocycles.